The molecule has 0 amide bonds. The van der Waals surface area contributed by atoms with Crippen molar-refractivity contribution >= 4 is 11.7 Å². The summed E-state index contributed by atoms with van der Waals surface area (Å²) >= 11 is 0. The van der Waals surface area contributed by atoms with E-state index in [-0.39, 0.29) is 6.04 Å². The van der Waals surface area contributed by atoms with E-state index in [4.69, 9.17) is 9.57 Å². The van der Waals surface area contributed by atoms with Crippen LogP contribution in [0.25, 0.3) is 0 Å². The number of rotatable bonds is 8. The van der Waals surface area contributed by atoms with Crippen molar-refractivity contribution in [1.29, 1.82) is 0 Å². The minimum Gasteiger partial charge on any atom is -0.497 e. The Labute approximate surface area is 170 Å². The van der Waals surface area contributed by atoms with Crippen LogP contribution < -0.4 is 10.1 Å². The van der Waals surface area contributed by atoms with E-state index in [1.165, 1.54) is 0 Å². The molecule has 152 valence electrons. The van der Waals surface area contributed by atoms with E-state index in [1.807, 2.05) is 55.5 Å². The second-order valence-electron chi connectivity index (χ2n) is 6.87. The first-order valence-electron chi connectivity index (χ1n) is 9.67. The van der Waals surface area contributed by atoms with Crippen molar-refractivity contribution in [2.75, 3.05) is 20.3 Å². The molecule has 1 aliphatic heterocycles. The molecule has 0 aromatic heterocycles. The molecule has 2 aromatic rings. The van der Waals surface area contributed by atoms with Gasteiger partial charge in [0.1, 0.15) is 18.1 Å². The lowest BCUT2D eigenvalue weighted by Gasteiger charge is -2.22. The molecule has 0 radical (unpaired) electrons. The van der Waals surface area contributed by atoms with Gasteiger partial charge in [-0.25, -0.2) is 4.79 Å². The lowest BCUT2D eigenvalue weighted by atomic mass is 9.98. The molecule has 29 heavy (non-hydrogen) atoms. The van der Waals surface area contributed by atoms with E-state index >= 15 is 0 Å². The Morgan fingerprint density at radius 2 is 2.07 bits per heavy atom. The third-order valence-electron chi connectivity index (χ3n) is 4.92. The zero-order valence-corrected chi connectivity index (χ0v) is 16.7. The number of aryl methyl sites for hydroxylation is 1. The number of hydrogen-bond acceptors (Lipinski definition) is 5. The zero-order valence-electron chi connectivity index (χ0n) is 16.7. The number of aliphatic carboxylic acids is 1. The summed E-state index contributed by atoms with van der Waals surface area (Å²) in [5, 5.41) is 17.0. The van der Waals surface area contributed by atoms with Crippen LogP contribution in [-0.4, -0.2) is 43.1 Å². The molecular weight excluding hydrogens is 368 g/mol. The highest BCUT2D eigenvalue weighted by Gasteiger charge is 2.22. The number of nitrogens with zero attached hydrogens (tertiary/aromatic N) is 1. The van der Waals surface area contributed by atoms with E-state index < -0.39 is 5.97 Å². The van der Waals surface area contributed by atoms with Crippen LogP contribution in [0.5, 0.6) is 5.75 Å². The number of carbonyl (C=O) groups is 1. The third kappa shape index (κ3) is 5.23. The van der Waals surface area contributed by atoms with E-state index in [0.29, 0.717) is 24.3 Å². The molecule has 2 N–H and O–H groups in total. The van der Waals surface area contributed by atoms with Crippen LogP contribution in [-0.2, 0) is 9.63 Å². The van der Waals surface area contributed by atoms with Crippen molar-refractivity contribution in [1.82, 2.24) is 5.32 Å². The Morgan fingerprint density at radius 1 is 1.24 bits per heavy atom. The number of hydrogen-bond donors (Lipinski definition) is 2. The highest BCUT2D eigenvalue weighted by molar-refractivity contribution is 6.13. The van der Waals surface area contributed by atoms with Gasteiger partial charge >= 0.3 is 5.97 Å². The first-order valence-corrected chi connectivity index (χ1v) is 9.67. The van der Waals surface area contributed by atoms with Crippen LogP contribution in [0.1, 0.15) is 29.5 Å². The Hall–Kier alpha value is -3.12. The third-order valence-corrected chi connectivity index (χ3v) is 4.92. The fourth-order valence-electron chi connectivity index (χ4n) is 3.38. The van der Waals surface area contributed by atoms with Crippen molar-refractivity contribution in [3.05, 3.63) is 76.9 Å². The lowest BCUT2D eigenvalue weighted by molar-refractivity contribution is -0.133. The van der Waals surface area contributed by atoms with Gasteiger partial charge in [0, 0.05) is 23.6 Å². The summed E-state index contributed by atoms with van der Waals surface area (Å²) in [6.45, 7) is 3.10. The maximum Gasteiger partial charge on any atom is 0.332 e. The monoisotopic (exact) mass is 394 g/mol. The lowest BCUT2D eigenvalue weighted by Crippen LogP contribution is -2.38. The van der Waals surface area contributed by atoms with Crippen LogP contribution in [0.2, 0.25) is 0 Å². The van der Waals surface area contributed by atoms with Gasteiger partial charge in [-0.3, -0.25) is 0 Å². The molecule has 1 aliphatic rings. The molecule has 0 spiro atoms. The summed E-state index contributed by atoms with van der Waals surface area (Å²) in [4.78, 5) is 17.0. The molecule has 6 heteroatoms. The summed E-state index contributed by atoms with van der Waals surface area (Å²) in [6.07, 6.45) is 3.03. The van der Waals surface area contributed by atoms with Gasteiger partial charge in [-0.1, -0.05) is 47.6 Å². The molecule has 1 atom stereocenters. The Balaban J connectivity index is 1.78. The highest BCUT2D eigenvalue weighted by Crippen LogP contribution is 2.20. The van der Waals surface area contributed by atoms with Gasteiger partial charge in [-0.05, 0) is 37.6 Å². The van der Waals surface area contributed by atoms with Gasteiger partial charge in [0.05, 0.1) is 12.7 Å². The predicted molar refractivity (Wildman–Crippen MR) is 113 cm³/mol. The zero-order chi connectivity index (χ0) is 20.6. The van der Waals surface area contributed by atoms with Crippen LogP contribution in [0.15, 0.2) is 65.3 Å². The van der Waals surface area contributed by atoms with Gasteiger partial charge in [0.15, 0.2) is 0 Å². The maximum atomic E-state index is 11.4. The van der Waals surface area contributed by atoms with E-state index in [1.54, 1.807) is 13.2 Å². The van der Waals surface area contributed by atoms with Crippen molar-refractivity contribution < 1.29 is 19.5 Å². The number of oxime groups is 1. The summed E-state index contributed by atoms with van der Waals surface area (Å²) in [7, 11) is 1.63. The van der Waals surface area contributed by atoms with Gasteiger partial charge in [-0.15, -0.1) is 0 Å². The minimum atomic E-state index is -0.886. The van der Waals surface area contributed by atoms with E-state index in [0.717, 1.165) is 35.4 Å². The summed E-state index contributed by atoms with van der Waals surface area (Å²) < 4.78 is 5.34. The van der Waals surface area contributed by atoms with Crippen LogP contribution in [0, 0.1) is 6.92 Å². The number of ether oxygens (including phenoxy) is 1. The molecule has 0 fully saturated rings. The maximum absolute atomic E-state index is 11.4. The fourth-order valence-corrected chi connectivity index (χ4v) is 3.38. The number of carboxylic acids is 1. The molecule has 1 heterocycles. The van der Waals surface area contributed by atoms with E-state index in [2.05, 4.69) is 10.5 Å². The quantitative estimate of drug-likeness (QED) is 0.407. The molecule has 6 nitrogen and oxygen atoms in total. The van der Waals surface area contributed by atoms with Crippen LogP contribution >= 0.6 is 0 Å². The second kappa shape index (κ2) is 9.89. The van der Waals surface area contributed by atoms with Gasteiger partial charge < -0.3 is 20.0 Å². The number of nitrogens with one attached hydrogen (secondary N) is 1. The molecule has 0 saturated heterocycles. The van der Waals surface area contributed by atoms with Crippen LogP contribution in [0.4, 0.5) is 0 Å². The molecule has 3 rings (SSSR count). The molecule has 0 bridgehead atoms. The van der Waals surface area contributed by atoms with Crippen molar-refractivity contribution in [3.63, 3.8) is 0 Å². The first kappa shape index (κ1) is 20.6. The van der Waals surface area contributed by atoms with Crippen LogP contribution in [0.3, 0.4) is 0 Å². The smallest absolute Gasteiger partial charge is 0.332 e. The topological polar surface area (TPSA) is 80.2 Å². The average Bonchev–Trinajstić information content (AvgIpc) is 2.75. The molecule has 0 saturated carbocycles. The van der Waals surface area contributed by atoms with Crippen molar-refractivity contribution in [2.24, 2.45) is 5.16 Å². The molecule has 2 aromatic carbocycles. The minimum absolute atomic E-state index is 0.227. The molecule has 0 aliphatic carbocycles. The second-order valence-corrected chi connectivity index (χ2v) is 6.87. The summed E-state index contributed by atoms with van der Waals surface area (Å²) in [5.74, 6) is -0.144. The largest absolute Gasteiger partial charge is 0.497 e. The summed E-state index contributed by atoms with van der Waals surface area (Å²) in [6, 6.07) is 15.4. The van der Waals surface area contributed by atoms with Crippen molar-refractivity contribution in [3.8, 4) is 5.75 Å². The normalized spacial score (nSPS) is 16.8. The number of benzene rings is 2. The SMILES string of the molecule is COc1cccc(C(=NOCCC2NCCC=C2C(=O)O)c2ccccc2C)c1. The first-order chi connectivity index (χ1) is 14.1. The Bertz CT molecular complexity index is 921. The number of carboxylic acid groups (broad SMARTS) is 1. The fraction of sp³-hybridized carbons (Fsp3) is 0.304. The highest BCUT2D eigenvalue weighted by atomic mass is 16.6. The van der Waals surface area contributed by atoms with E-state index in [9.17, 15) is 9.90 Å². The van der Waals surface area contributed by atoms with Gasteiger partial charge in [0.25, 0.3) is 0 Å². The van der Waals surface area contributed by atoms with Gasteiger partial charge in [-0.2, -0.15) is 0 Å². The number of methoxy groups -OCH3 is 1. The Kier molecular flexibility index (Phi) is 7.03. The molecular formula is C23H26N2O4. The van der Waals surface area contributed by atoms with Gasteiger partial charge in [0.2, 0.25) is 0 Å². The Morgan fingerprint density at radius 3 is 2.83 bits per heavy atom. The summed E-state index contributed by atoms with van der Waals surface area (Å²) in [5.41, 5.74) is 4.06. The predicted octanol–water partition coefficient (Wildman–Crippen LogP) is 3.54. The van der Waals surface area contributed by atoms with Crippen molar-refractivity contribution in [2.45, 2.75) is 25.8 Å². The standard InChI is InChI=1S/C23H26N2O4/c1-16-7-3-4-10-19(16)22(17-8-5-9-18(15-17)28-2)25-29-14-12-21-20(23(26)27)11-6-13-24-21/h3-5,7-11,15,21,24H,6,12-14H2,1-2H3,(H,26,27). The average molecular weight is 394 g/mol. The molecule has 1 unspecified atom stereocenters.